The van der Waals surface area contributed by atoms with Crippen LogP contribution in [0.5, 0.6) is 17.2 Å². The second-order valence-electron chi connectivity index (χ2n) is 33.1. The molecule has 1 fully saturated rings. The number of aryl methyl sites for hydroxylation is 3. The van der Waals surface area contributed by atoms with Gasteiger partial charge in [-0.15, -0.1) is 0 Å². The van der Waals surface area contributed by atoms with Crippen molar-refractivity contribution in [3.63, 3.8) is 0 Å². The van der Waals surface area contributed by atoms with Crippen molar-refractivity contribution in [1.82, 2.24) is 29.7 Å². The summed E-state index contributed by atoms with van der Waals surface area (Å²) >= 11 is 0. The molecule has 3 aromatic heterocycles. The number of aromatic nitrogens is 3. The van der Waals surface area contributed by atoms with Gasteiger partial charge in [-0.25, -0.2) is 26.3 Å². The third-order valence-electron chi connectivity index (χ3n) is 23.6. The lowest BCUT2D eigenvalue weighted by atomic mass is 9.88. The molecule has 4 aliphatic rings. The summed E-state index contributed by atoms with van der Waals surface area (Å²) < 4.78 is 206. The monoisotopic (exact) mass is 1820 g/mol. The fourth-order valence-corrected chi connectivity index (χ4v) is 16.2. The first-order chi connectivity index (χ1) is 61.2. The molecule has 9 aromatic rings. The molecule has 5 N–H and O–H groups in total. The summed E-state index contributed by atoms with van der Waals surface area (Å²) in [5.74, 6) is -10.1. The lowest BCUT2D eigenvalue weighted by molar-refractivity contribution is -0.138. The normalized spacial score (nSPS) is 15.0. The van der Waals surface area contributed by atoms with Crippen LogP contribution in [0.2, 0.25) is 0 Å². The number of methoxy groups -OCH3 is 1. The molecule has 0 saturated carbocycles. The zero-order chi connectivity index (χ0) is 95.3. The van der Waals surface area contributed by atoms with Crippen molar-refractivity contribution in [2.24, 2.45) is 21.1 Å². The molecule has 6 aromatic carbocycles. The van der Waals surface area contributed by atoms with Gasteiger partial charge in [0.05, 0.1) is 92.7 Å². The molecule has 1 saturated heterocycles. The van der Waals surface area contributed by atoms with Crippen LogP contribution in [-0.4, -0.2) is 125 Å². The Balaban J connectivity index is 0.000000189. The van der Waals surface area contributed by atoms with Crippen LogP contribution in [0.4, 0.5) is 69.7 Å². The molecular weight excluding hydrogens is 1720 g/mol. The van der Waals surface area contributed by atoms with Crippen LogP contribution >= 0.6 is 0 Å². The zero-order valence-corrected chi connectivity index (χ0v) is 74.3. The molecule has 0 unspecified atom stereocenters. The van der Waals surface area contributed by atoms with E-state index in [1.54, 1.807) is 39.1 Å². The van der Waals surface area contributed by atoms with Gasteiger partial charge in [0.1, 0.15) is 68.8 Å². The number of hydrogen-bond acceptors (Lipinski definition) is 17. The highest BCUT2D eigenvalue weighted by Crippen LogP contribution is 2.46. The van der Waals surface area contributed by atoms with Crippen LogP contribution in [-0.2, 0) is 103 Å². The summed E-state index contributed by atoms with van der Waals surface area (Å²) in [6, 6.07) is 15.3. The van der Waals surface area contributed by atoms with E-state index in [4.69, 9.17) is 23.7 Å². The van der Waals surface area contributed by atoms with Gasteiger partial charge in [-0.05, 0) is 194 Å². The highest BCUT2D eigenvalue weighted by molar-refractivity contribution is 6.00. The van der Waals surface area contributed by atoms with Crippen molar-refractivity contribution >= 4 is 52.1 Å². The summed E-state index contributed by atoms with van der Waals surface area (Å²) in [6.45, 7) is 19.4. The van der Waals surface area contributed by atoms with Crippen molar-refractivity contribution < 1.29 is 105 Å². The van der Waals surface area contributed by atoms with Gasteiger partial charge < -0.3 is 68.9 Å². The average molecular weight is 1820 g/mol. The van der Waals surface area contributed by atoms with Gasteiger partial charge in [0, 0.05) is 116 Å². The maximum absolute atomic E-state index is 15.2. The maximum Gasteiger partial charge on any atom is 0.417 e. The zero-order valence-electron chi connectivity index (χ0n) is 74.3. The molecule has 7 heterocycles. The van der Waals surface area contributed by atoms with Crippen LogP contribution in [0.15, 0.2) is 105 Å². The largest absolute Gasteiger partial charge is 0.496 e. The second kappa shape index (κ2) is 40.6. The number of morpholine rings is 1. The summed E-state index contributed by atoms with van der Waals surface area (Å²) in [7, 11) is 5.95. The number of nitrogens with zero attached hydrogens (tertiary/aromatic N) is 4. The number of anilines is 3. The molecule has 0 radical (unpaired) electrons. The average Bonchev–Trinajstić information content (AvgIpc) is 1.33. The first-order valence-electron chi connectivity index (χ1n) is 42.1. The van der Waals surface area contributed by atoms with Crippen LogP contribution in [0.3, 0.4) is 0 Å². The molecule has 35 heteroatoms. The first-order valence-corrected chi connectivity index (χ1v) is 42.1. The minimum Gasteiger partial charge on any atom is -0.496 e. The number of nitrogens with one attached hydrogen (secondary N) is 5. The number of carbonyl (C=O) groups excluding carboxylic acids is 6. The quantitative estimate of drug-likeness (QED) is 0.0333. The van der Waals surface area contributed by atoms with Crippen molar-refractivity contribution in [3.8, 4) is 50.6 Å². The third-order valence-corrected chi connectivity index (χ3v) is 23.6. The number of ketones is 3. The highest BCUT2D eigenvalue weighted by Gasteiger charge is 2.41. The predicted molar refractivity (Wildman–Crippen MR) is 464 cm³/mol. The first kappa shape index (κ1) is 98.1. The minimum absolute atomic E-state index is 0.00181. The number of amides is 3. The molecular formula is C95H101F12N9O14. The second-order valence-corrected chi connectivity index (χ2v) is 33.1. The van der Waals surface area contributed by atoms with Gasteiger partial charge in [-0.2, -0.15) is 26.3 Å². The minimum atomic E-state index is -4.81. The van der Waals surface area contributed by atoms with E-state index < -0.39 is 145 Å². The van der Waals surface area contributed by atoms with Gasteiger partial charge >= 0.3 is 12.4 Å². The molecule has 13 rings (SSSR count). The fraction of sp³-hybridized carbons (Fsp3) is 0.400. The third kappa shape index (κ3) is 21.5. The summed E-state index contributed by atoms with van der Waals surface area (Å²) in [5, 5.41) is 13.1. The molecule has 0 aliphatic carbocycles. The lowest BCUT2D eigenvalue weighted by Crippen LogP contribution is -2.44. The Morgan fingerprint density at radius 3 is 1.25 bits per heavy atom. The number of hydrogen-bond donors (Lipinski definition) is 5. The molecule has 0 spiro atoms. The van der Waals surface area contributed by atoms with E-state index >= 15 is 8.78 Å². The molecule has 3 amide bonds. The van der Waals surface area contributed by atoms with Crippen LogP contribution in [0.1, 0.15) is 173 Å². The van der Waals surface area contributed by atoms with Gasteiger partial charge in [-0.1, -0.05) is 43.3 Å². The van der Waals surface area contributed by atoms with Gasteiger partial charge in [-0.3, -0.25) is 43.2 Å². The van der Waals surface area contributed by atoms with E-state index in [0.717, 1.165) is 74.5 Å². The molecule has 130 heavy (non-hydrogen) atoms. The van der Waals surface area contributed by atoms with E-state index in [9.17, 15) is 87.1 Å². The maximum atomic E-state index is 15.2. The Bertz CT molecular complexity index is 6050. The SMILES string of the molecule is CC(=O)[C@H](Cc1ccc(-c2c(C(F)(F)F)cc(C)n(C)c2=O)c2c1COC2)NC(=O)c1c(F)cc(NC(C)C)cc1F.CC[C@H](C)Nc1cc(F)c(C(=O)N[C@@H](Cc2ccc(-c3c(C(F)(F)F)cc(C)n(C)c3=O)c3c2CCCO3)C(C)=O)c(F)c1.COc1cc(C)n(C)c(=O)c1-c1ccc(C[C@H](NC(=O)c2c(F)cc(N3CCOC[C@@H]3C)cc2F)C(C)=O)c2c1OCCC2. The Hall–Kier alpha value is -12.5. The Morgan fingerprint density at radius 1 is 0.485 bits per heavy atom. The van der Waals surface area contributed by atoms with Crippen LogP contribution < -0.4 is 62.4 Å². The lowest BCUT2D eigenvalue weighted by Gasteiger charge is -2.35. The number of pyridine rings is 3. The Kier molecular flexibility index (Phi) is 30.7. The van der Waals surface area contributed by atoms with Crippen molar-refractivity contribution in [2.75, 3.05) is 55.6 Å². The standard InChI is InChI=1S/C33H37F2N3O6.C32H34F5N3O4.C30H30F5N3O4/c1-18-13-28(42-5)29(33(41)37(18)4)24-9-8-21(23-7-6-11-44-31(23)24)14-27(20(3)39)36-32(40)30-25(34)15-22(16-26(30)35)38-10-12-43-17-19(38)2;1-6-16(2)38-20-14-24(33)28(25(34)15-20)30(42)39-26(18(4)41)13-19-9-10-22(29-21(19)8-7-11-44-29)27-23(32(35,36)37)12-17(3)40(5)31(27)43;1-14(2)36-18-10-23(31)27(24(32)11-18)28(40)37-25(16(4)39)9-17-6-7-19(21-13-42-12-20(17)21)26-22(30(33,34)35)8-15(3)38(5)29(26)41/h8-9,13,15-16,19,27H,6-7,10-12,14,17H2,1-5H3,(H,36,40);9-10,12,14-16,26,38H,6-8,11,13H2,1-5H3,(H,39,42);6-8,10-11,14,25,36H,9,12-13H2,1-5H3,(H,37,40)/t19-,27-;16-,26-;25-/m000/s1. The van der Waals surface area contributed by atoms with E-state index in [1.165, 1.54) is 84.7 Å². The number of Topliss-reactive ketones (excluding diaryl/α,β-unsaturated/α-hetero) is 3. The Labute approximate surface area is 741 Å². The number of ether oxygens (including phenoxy) is 5. The number of carbonyl (C=O) groups is 6. The summed E-state index contributed by atoms with van der Waals surface area (Å²) in [4.78, 5) is 118. The number of fused-ring (bicyclic) bond motifs is 3. The molecule has 694 valence electrons. The molecule has 4 aliphatic heterocycles. The van der Waals surface area contributed by atoms with Crippen LogP contribution in [0, 0.1) is 55.7 Å². The fourth-order valence-electron chi connectivity index (χ4n) is 16.2. The summed E-state index contributed by atoms with van der Waals surface area (Å²) in [6.07, 6.45) is -6.85. The molecule has 0 bridgehead atoms. The topological polar surface area (TPSA) is 278 Å². The van der Waals surface area contributed by atoms with Crippen molar-refractivity contribution in [2.45, 2.75) is 189 Å². The van der Waals surface area contributed by atoms with E-state index in [-0.39, 0.29) is 108 Å². The van der Waals surface area contributed by atoms with Crippen molar-refractivity contribution in [3.05, 3.63) is 241 Å². The highest BCUT2D eigenvalue weighted by atomic mass is 19.4. The van der Waals surface area contributed by atoms with Crippen LogP contribution in [0.25, 0.3) is 33.4 Å². The smallest absolute Gasteiger partial charge is 0.417 e. The number of benzene rings is 6. The van der Waals surface area contributed by atoms with Gasteiger partial charge in [0.2, 0.25) is 0 Å². The molecule has 23 nitrogen and oxygen atoms in total. The number of alkyl halides is 6. The van der Waals surface area contributed by atoms with E-state index in [0.29, 0.717) is 115 Å². The van der Waals surface area contributed by atoms with E-state index in [2.05, 4.69) is 26.6 Å². The number of rotatable bonds is 25. The van der Waals surface area contributed by atoms with E-state index in [1.807, 2.05) is 32.6 Å². The number of halogens is 12. The van der Waals surface area contributed by atoms with Gasteiger partial charge in [0.15, 0.2) is 17.3 Å². The van der Waals surface area contributed by atoms with Gasteiger partial charge in [0.25, 0.3) is 34.4 Å². The molecule has 5 atom stereocenters. The van der Waals surface area contributed by atoms with Crippen molar-refractivity contribution in [1.29, 1.82) is 0 Å². The Morgan fingerprint density at radius 2 is 0.854 bits per heavy atom. The summed E-state index contributed by atoms with van der Waals surface area (Å²) in [5.41, 5.74) is -1.16. The predicted octanol–water partition coefficient (Wildman–Crippen LogP) is 15.7.